The van der Waals surface area contributed by atoms with E-state index in [2.05, 4.69) is 0 Å². The number of hydrogen-bond acceptors (Lipinski definition) is 7. The van der Waals surface area contributed by atoms with E-state index in [-0.39, 0.29) is 18.0 Å². The molecule has 9 heteroatoms. The Morgan fingerprint density at radius 3 is 2.51 bits per heavy atom. The number of fused-ring (bicyclic) bond motifs is 2. The highest BCUT2D eigenvalue weighted by Gasteiger charge is 2.35. The lowest BCUT2D eigenvalue weighted by atomic mass is 10.0. The van der Waals surface area contributed by atoms with E-state index < -0.39 is 6.17 Å². The van der Waals surface area contributed by atoms with Crippen LogP contribution in [0.2, 0.25) is 0 Å². The molecule has 186 valence electrons. The summed E-state index contributed by atoms with van der Waals surface area (Å²) in [6.45, 7) is 0.177. The molecule has 4 aromatic rings. The van der Waals surface area contributed by atoms with Gasteiger partial charge in [0.25, 0.3) is 5.56 Å². The maximum Gasteiger partial charge on any atom is 0.276 e. The summed E-state index contributed by atoms with van der Waals surface area (Å²) in [6, 6.07) is 24.3. The Hall–Kier alpha value is -4.37. The molecule has 6 rings (SSSR count). The SMILES string of the molecule is Nc1c(Cc2ccc3c(c2)OCO3)c(Oc2ccccc2)c2n(c1=O)[C@@H](N(C=O)c1ccccc1)CS2. The lowest BCUT2D eigenvalue weighted by molar-refractivity contribution is -0.108. The number of para-hydroxylation sites is 2. The van der Waals surface area contributed by atoms with Gasteiger partial charge in [0.15, 0.2) is 17.2 Å². The van der Waals surface area contributed by atoms with Crippen LogP contribution >= 0.6 is 11.8 Å². The van der Waals surface area contributed by atoms with E-state index in [0.717, 1.165) is 12.0 Å². The normalized spacial score (nSPS) is 15.3. The minimum absolute atomic E-state index is 0.0822. The minimum Gasteiger partial charge on any atom is -0.454 e. The topological polar surface area (TPSA) is 96.0 Å². The molecule has 2 aliphatic rings. The second-order valence-corrected chi connectivity index (χ2v) is 9.63. The van der Waals surface area contributed by atoms with E-state index >= 15 is 0 Å². The van der Waals surface area contributed by atoms with Crippen LogP contribution in [0.1, 0.15) is 17.3 Å². The van der Waals surface area contributed by atoms with Crippen molar-refractivity contribution < 1.29 is 19.0 Å². The number of hydrogen-bond donors (Lipinski definition) is 1. The highest BCUT2D eigenvalue weighted by atomic mass is 32.2. The fraction of sp³-hybridized carbons (Fsp3) is 0.143. The number of nitrogen functional groups attached to an aromatic ring is 1. The minimum atomic E-state index is -0.549. The van der Waals surface area contributed by atoms with Gasteiger partial charge in [-0.25, -0.2) is 0 Å². The summed E-state index contributed by atoms with van der Waals surface area (Å²) in [5.41, 5.74) is 8.43. The van der Waals surface area contributed by atoms with Gasteiger partial charge in [0.05, 0.1) is 0 Å². The fourth-order valence-electron chi connectivity index (χ4n) is 4.60. The number of thioether (sulfide) groups is 1. The maximum atomic E-state index is 13.7. The molecule has 1 atom stereocenters. The van der Waals surface area contributed by atoms with Crippen molar-refractivity contribution in [1.82, 2.24) is 4.57 Å². The number of pyridine rings is 1. The van der Waals surface area contributed by atoms with E-state index in [4.69, 9.17) is 19.9 Å². The van der Waals surface area contributed by atoms with Crippen molar-refractivity contribution in [3.63, 3.8) is 0 Å². The van der Waals surface area contributed by atoms with Crippen LogP contribution in [0.25, 0.3) is 0 Å². The van der Waals surface area contributed by atoms with Gasteiger partial charge >= 0.3 is 0 Å². The summed E-state index contributed by atoms with van der Waals surface area (Å²) in [5, 5.41) is 0.631. The van der Waals surface area contributed by atoms with E-state index in [0.29, 0.717) is 51.4 Å². The third-order valence-corrected chi connectivity index (χ3v) is 7.52. The highest BCUT2D eigenvalue weighted by Crippen LogP contribution is 2.46. The van der Waals surface area contributed by atoms with Crippen molar-refractivity contribution in [2.24, 2.45) is 0 Å². The molecular weight excluding hydrogens is 490 g/mol. The van der Waals surface area contributed by atoms with Gasteiger partial charge in [0, 0.05) is 23.4 Å². The summed E-state index contributed by atoms with van der Waals surface area (Å²) in [5.74, 6) is 2.93. The first-order chi connectivity index (χ1) is 18.1. The lowest BCUT2D eigenvalue weighted by Crippen LogP contribution is -2.38. The Labute approximate surface area is 217 Å². The van der Waals surface area contributed by atoms with Gasteiger partial charge in [-0.1, -0.05) is 42.5 Å². The molecule has 37 heavy (non-hydrogen) atoms. The Bertz CT molecular complexity index is 1520. The molecule has 0 saturated carbocycles. The molecule has 0 spiro atoms. The summed E-state index contributed by atoms with van der Waals surface area (Å²) in [6.07, 6.45) is 0.554. The number of anilines is 2. The molecule has 3 aromatic carbocycles. The predicted octanol–water partition coefficient (Wildman–Crippen LogP) is 4.81. The number of amides is 1. The predicted molar refractivity (Wildman–Crippen MR) is 142 cm³/mol. The Morgan fingerprint density at radius 1 is 1.03 bits per heavy atom. The van der Waals surface area contributed by atoms with Gasteiger partial charge in [-0.15, -0.1) is 11.8 Å². The number of ether oxygens (including phenoxy) is 3. The quantitative estimate of drug-likeness (QED) is 0.354. The van der Waals surface area contributed by atoms with Crippen molar-refractivity contribution in [2.45, 2.75) is 17.6 Å². The van der Waals surface area contributed by atoms with E-state index in [1.807, 2.05) is 78.9 Å². The van der Waals surface area contributed by atoms with Gasteiger partial charge < -0.3 is 19.9 Å². The number of aromatic nitrogens is 1. The molecule has 3 heterocycles. The Morgan fingerprint density at radius 2 is 1.76 bits per heavy atom. The number of nitrogens with zero attached hydrogens (tertiary/aromatic N) is 2. The summed E-state index contributed by atoms with van der Waals surface area (Å²) in [4.78, 5) is 27.4. The number of benzene rings is 3. The molecular formula is C28H23N3O5S. The van der Waals surface area contributed by atoms with Gasteiger partial charge in [-0.3, -0.25) is 19.1 Å². The van der Waals surface area contributed by atoms with E-state index in [9.17, 15) is 9.59 Å². The average molecular weight is 514 g/mol. The average Bonchev–Trinajstić information content (AvgIpc) is 3.58. The van der Waals surface area contributed by atoms with Crippen molar-refractivity contribution >= 4 is 29.5 Å². The van der Waals surface area contributed by atoms with Crippen LogP contribution in [0.15, 0.2) is 88.7 Å². The molecule has 0 unspecified atom stereocenters. The van der Waals surface area contributed by atoms with Crippen molar-refractivity contribution in [2.75, 3.05) is 23.2 Å². The van der Waals surface area contributed by atoms with E-state index in [1.54, 1.807) is 9.47 Å². The molecule has 2 aliphatic heterocycles. The summed E-state index contributed by atoms with van der Waals surface area (Å²) >= 11 is 1.47. The van der Waals surface area contributed by atoms with Crippen LogP contribution in [-0.4, -0.2) is 23.5 Å². The first-order valence-corrected chi connectivity index (χ1v) is 12.7. The molecule has 0 saturated heterocycles. The Kier molecular flexibility index (Phi) is 5.97. The number of nitrogens with two attached hydrogens (primary N) is 1. The summed E-state index contributed by atoms with van der Waals surface area (Å²) in [7, 11) is 0. The van der Waals surface area contributed by atoms with Crippen LogP contribution in [0.3, 0.4) is 0 Å². The number of carbonyl (C=O) groups excluding carboxylic acids is 1. The molecule has 8 nitrogen and oxygen atoms in total. The maximum absolute atomic E-state index is 13.7. The molecule has 0 radical (unpaired) electrons. The second kappa shape index (κ2) is 9.59. The molecule has 0 bridgehead atoms. The molecule has 1 amide bonds. The third-order valence-electron chi connectivity index (χ3n) is 6.40. The van der Waals surface area contributed by atoms with Crippen molar-refractivity contribution in [3.8, 4) is 23.0 Å². The molecule has 0 aliphatic carbocycles. The zero-order valence-electron chi connectivity index (χ0n) is 19.7. The van der Waals surface area contributed by atoms with Gasteiger partial charge in [-0.05, 0) is 42.0 Å². The van der Waals surface area contributed by atoms with Crippen LogP contribution in [0.5, 0.6) is 23.0 Å². The van der Waals surface area contributed by atoms with Crippen LogP contribution < -0.4 is 30.4 Å². The van der Waals surface area contributed by atoms with Crippen molar-refractivity contribution in [1.29, 1.82) is 0 Å². The lowest BCUT2D eigenvalue weighted by Gasteiger charge is -2.27. The van der Waals surface area contributed by atoms with Crippen molar-refractivity contribution in [3.05, 3.63) is 100 Å². The van der Waals surface area contributed by atoms with E-state index in [1.165, 1.54) is 11.8 Å². The molecule has 1 aromatic heterocycles. The first kappa shape index (κ1) is 23.1. The van der Waals surface area contributed by atoms with Crippen LogP contribution in [0, 0.1) is 0 Å². The fourth-order valence-corrected chi connectivity index (χ4v) is 5.85. The standard InChI is InChI=1S/C28H23N3O5S/c29-25-21(13-18-11-12-22-23(14-18)35-17-34-22)26(36-20-9-5-2-6-10-20)28-31(27(25)33)24(15-37-28)30(16-32)19-7-3-1-4-8-19/h1-12,14,16,24H,13,15,17,29H2/t24-/m1/s1. The number of carbonyl (C=O) groups is 1. The monoisotopic (exact) mass is 513 g/mol. The summed E-state index contributed by atoms with van der Waals surface area (Å²) < 4.78 is 18.9. The number of rotatable bonds is 7. The highest BCUT2D eigenvalue weighted by molar-refractivity contribution is 7.99. The molecule has 0 fully saturated rings. The largest absolute Gasteiger partial charge is 0.454 e. The van der Waals surface area contributed by atoms with Gasteiger partial charge in [0.2, 0.25) is 13.2 Å². The van der Waals surface area contributed by atoms with Crippen LogP contribution in [-0.2, 0) is 11.2 Å². The zero-order valence-corrected chi connectivity index (χ0v) is 20.5. The third kappa shape index (κ3) is 4.17. The zero-order chi connectivity index (χ0) is 25.4. The van der Waals surface area contributed by atoms with Gasteiger partial charge in [-0.2, -0.15) is 0 Å². The second-order valence-electron chi connectivity index (χ2n) is 8.62. The van der Waals surface area contributed by atoms with Gasteiger partial charge in [0.1, 0.15) is 22.6 Å². The smallest absolute Gasteiger partial charge is 0.276 e. The van der Waals surface area contributed by atoms with Crippen LogP contribution in [0.4, 0.5) is 11.4 Å². The molecule has 2 N–H and O–H groups in total. The first-order valence-electron chi connectivity index (χ1n) is 11.7. The Balaban J connectivity index is 1.48.